The van der Waals surface area contributed by atoms with E-state index in [2.05, 4.69) is 4.98 Å². The van der Waals surface area contributed by atoms with Gasteiger partial charge in [0.25, 0.3) is 0 Å². The topological polar surface area (TPSA) is 48.8 Å². The molecule has 0 fully saturated rings. The Labute approximate surface area is 58.2 Å². The number of hydrogen-bond donors (Lipinski definition) is 0. The van der Waals surface area contributed by atoms with Crippen molar-refractivity contribution >= 4 is 5.52 Å². The zero-order valence-electron chi connectivity index (χ0n) is 5.36. The maximum absolute atomic E-state index is 3.96. The van der Waals surface area contributed by atoms with E-state index in [0.717, 1.165) is 5.52 Å². The van der Waals surface area contributed by atoms with Crippen molar-refractivity contribution in [1.82, 2.24) is 9.38 Å². The van der Waals surface area contributed by atoms with Gasteiger partial charge in [-0.15, -0.1) is 0 Å². The maximum Gasteiger partial charge on any atom is 0.0634 e. The van der Waals surface area contributed by atoms with Crippen LogP contribution in [0.1, 0.15) is 0 Å². The molecular weight excluding hydrogens is 128 g/mol. The van der Waals surface area contributed by atoms with Gasteiger partial charge in [0.05, 0.1) is 11.7 Å². The van der Waals surface area contributed by atoms with Gasteiger partial charge < -0.3 is 9.88 Å². The average Bonchev–Trinajstić information content (AvgIpc) is 2.33. The zero-order chi connectivity index (χ0) is 6.10. The Hall–Kier alpha value is -1.35. The molecule has 2 rings (SSSR count). The summed E-state index contributed by atoms with van der Waals surface area (Å²) in [7, 11) is 0. The Kier molecular flexibility index (Phi) is 1.69. The molecule has 0 spiro atoms. The molecule has 0 bridgehead atoms. The molecular formula is C7H8N2O. The van der Waals surface area contributed by atoms with E-state index in [-0.39, 0.29) is 5.48 Å². The summed E-state index contributed by atoms with van der Waals surface area (Å²) in [5, 5.41) is 0. The van der Waals surface area contributed by atoms with E-state index in [9.17, 15) is 0 Å². The van der Waals surface area contributed by atoms with E-state index >= 15 is 0 Å². The van der Waals surface area contributed by atoms with Gasteiger partial charge in [-0.2, -0.15) is 0 Å². The van der Waals surface area contributed by atoms with Crippen LogP contribution in [0.25, 0.3) is 5.52 Å². The van der Waals surface area contributed by atoms with E-state index in [1.54, 1.807) is 6.20 Å². The first-order valence-corrected chi connectivity index (χ1v) is 2.83. The first-order valence-electron chi connectivity index (χ1n) is 2.83. The summed E-state index contributed by atoms with van der Waals surface area (Å²) in [6, 6.07) is 4.02. The fourth-order valence-electron chi connectivity index (χ4n) is 0.882. The monoisotopic (exact) mass is 136 g/mol. The van der Waals surface area contributed by atoms with E-state index in [4.69, 9.17) is 0 Å². The molecule has 52 valence electrons. The molecule has 0 saturated heterocycles. The number of rotatable bonds is 0. The van der Waals surface area contributed by atoms with E-state index < -0.39 is 0 Å². The third kappa shape index (κ3) is 0.867. The Morgan fingerprint density at radius 3 is 3.00 bits per heavy atom. The molecule has 2 N–H and O–H groups in total. The average molecular weight is 136 g/mol. The molecule has 10 heavy (non-hydrogen) atoms. The zero-order valence-corrected chi connectivity index (χ0v) is 5.36. The highest BCUT2D eigenvalue weighted by molar-refractivity contribution is 5.44. The maximum atomic E-state index is 3.96. The van der Waals surface area contributed by atoms with Gasteiger partial charge in [0.1, 0.15) is 0 Å². The number of hydrogen-bond acceptors (Lipinski definition) is 1. The van der Waals surface area contributed by atoms with E-state index in [0.29, 0.717) is 0 Å². The minimum atomic E-state index is 0. The van der Waals surface area contributed by atoms with E-state index in [1.165, 1.54) is 0 Å². The molecule has 0 aliphatic carbocycles. The van der Waals surface area contributed by atoms with Crippen LogP contribution in [-0.2, 0) is 0 Å². The van der Waals surface area contributed by atoms with Crippen LogP contribution in [-0.4, -0.2) is 14.9 Å². The van der Waals surface area contributed by atoms with Crippen LogP contribution in [0.2, 0.25) is 0 Å². The van der Waals surface area contributed by atoms with Crippen LogP contribution >= 0.6 is 0 Å². The quantitative estimate of drug-likeness (QED) is 0.520. The van der Waals surface area contributed by atoms with Gasteiger partial charge in [-0.3, -0.25) is 4.98 Å². The van der Waals surface area contributed by atoms with Crippen LogP contribution in [0.15, 0.2) is 36.9 Å². The van der Waals surface area contributed by atoms with Gasteiger partial charge in [0, 0.05) is 18.6 Å². The number of nitrogens with zero attached hydrogens (tertiary/aromatic N) is 2. The lowest BCUT2D eigenvalue weighted by molar-refractivity contribution is 0.824. The molecule has 0 atom stereocenters. The molecule has 0 aromatic carbocycles. The normalized spacial score (nSPS) is 9.20. The van der Waals surface area contributed by atoms with Gasteiger partial charge in [-0.25, -0.2) is 0 Å². The Morgan fingerprint density at radius 1 is 1.30 bits per heavy atom. The molecule has 0 unspecified atom stereocenters. The molecule has 3 nitrogen and oxygen atoms in total. The first-order chi connectivity index (χ1) is 4.47. The summed E-state index contributed by atoms with van der Waals surface area (Å²) >= 11 is 0. The minimum absolute atomic E-state index is 0. The van der Waals surface area contributed by atoms with Gasteiger partial charge >= 0.3 is 0 Å². The summed E-state index contributed by atoms with van der Waals surface area (Å²) in [6.45, 7) is 0. The smallest absolute Gasteiger partial charge is 0.0634 e. The highest BCUT2D eigenvalue weighted by Gasteiger charge is 1.84. The molecule has 3 heteroatoms. The lowest BCUT2D eigenvalue weighted by Crippen LogP contribution is -1.79. The third-order valence-corrected chi connectivity index (χ3v) is 1.33. The van der Waals surface area contributed by atoms with Gasteiger partial charge in [0.15, 0.2) is 0 Å². The molecule has 0 aliphatic heterocycles. The summed E-state index contributed by atoms with van der Waals surface area (Å²) < 4.78 is 2.02. The Bertz CT molecular complexity index is 286. The minimum Gasteiger partial charge on any atom is -0.412 e. The first kappa shape index (κ1) is 6.77. The van der Waals surface area contributed by atoms with Gasteiger partial charge in [0.2, 0.25) is 0 Å². The molecule has 0 saturated carbocycles. The molecule has 0 amide bonds. The van der Waals surface area contributed by atoms with Crippen LogP contribution in [0.5, 0.6) is 0 Å². The van der Waals surface area contributed by atoms with Crippen LogP contribution in [0.4, 0.5) is 0 Å². The predicted molar refractivity (Wildman–Crippen MR) is 38.8 cm³/mol. The Balaban J connectivity index is 0.000000500. The second-order valence-corrected chi connectivity index (χ2v) is 1.92. The van der Waals surface area contributed by atoms with Crippen LogP contribution < -0.4 is 0 Å². The molecule has 2 aromatic heterocycles. The third-order valence-electron chi connectivity index (χ3n) is 1.33. The standard InChI is InChI=1S/C7H6N2.H2O/c1-2-7-6-8-3-5-9(7)4-1;/h1-6H;1H2. The van der Waals surface area contributed by atoms with Crippen molar-refractivity contribution in [2.45, 2.75) is 0 Å². The summed E-state index contributed by atoms with van der Waals surface area (Å²) in [4.78, 5) is 3.96. The SMILES string of the molecule is O.c1cc2cnccn2c1. The van der Waals surface area contributed by atoms with Crippen molar-refractivity contribution in [2.75, 3.05) is 0 Å². The summed E-state index contributed by atoms with van der Waals surface area (Å²) in [5.74, 6) is 0. The molecule has 2 aromatic rings. The fourth-order valence-corrected chi connectivity index (χ4v) is 0.882. The lowest BCUT2D eigenvalue weighted by atomic mass is 10.5. The van der Waals surface area contributed by atoms with Gasteiger partial charge in [-0.1, -0.05) is 0 Å². The van der Waals surface area contributed by atoms with Crippen molar-refractivity contribution in [2.24, 2.45) is 0 Å². The molecule has 2 heterocycles. The van der Waals surface area contributed by atoms with Crippen molar-refractivity contribution < 1.29 is 5.48 Å². The highest BCUT2D eigenvalue weighted by atomic mass is 16.0. The van der Waals surface area contributed by atoms with E-state index in [1.807, 2.05) is 35.1 Å². The van der Waals surface area contributed by atoms with Gasteiger partial charge in [-0.05, 0) is 12.1 Å². The second kappa shape index (κ2) is 2.49. The molecule has 0 aliphatic rings. The number of fused-ring (bicyclic) bond motifs is 1. The van der Waals surface area contributed by atoms with Crippen molar-refractivity contribution in [3.8, 4) is 0 Å². The fraction of sp³-hybridized carbons (Fsp3) is 0. The van der Waals surface area contributed by atoms with Crippen LogP contribution in [0.3, 0.4) is 0 Å². The summed E-state index contributed by atoms with van der Waals surface area (Å²) in [5.41, 5.74) is 1.14. The van der Waals surface area contributed by atoms with Crippen molar-refractivity contribution in [1.29, 1.82) is 0 Å². The largest absolute Gasteiger partial charge is 0.412 e. The second-order valence-electron chi connectivity index (χ2n) is 1.92. The summed E-state index contributed by atoms with van der Waals surface area (Å²) in [6.07, 6.45) is 7.53. The molecule has 0 radical (unpaired) electrons. The number of aromatic nitrogens is 2. The van der Waals surface area contributed by atoms with Crippen molar-refractivity contribution in [3.63, 3.8) is 0 Å². The lowest BCUT2D eigenvalue weighted by Gasteiger charge is -1.87. The predicted octanol–water partition coefficient (Wildman–Crippen LogP) is 0.510. The Morgan fingerprint density at radius 2 is 2.20 bits per heavy atom. The highest BCUT2D eigenvalue weighted by Crippen LogP contribution is 1.98. The van der Waals surface area contributed by atoms with Crippen molar-refractivity contribution in [3.05, 3.63) is 36.9 Å². The van der Waals surface area contributed by atoms with Crippen LogP contribution in [0, 0.1) is 0 Å².